The predicted molar refractivity (Wildman–Crippen MR) is 37.0 cm³/mol. The Morgan fingerprint density at radius 1 is 1.82 bits per heavy atom. The summed E-state index contributed by atoms with van der Waals surface area (Å²) in [4.78, 5) is 10.5. The molecule has 1 rings (SSSR count). The van der Waals surface area contributed by atoms with Gasteiger partial charge in [0.1, 0.15) is 0 Å². The van der Waals surface area contributed by atoms with Crippen LogP contribution in [0.5, 0.6) is 0 Å². The maximum atomic E-state index is 10.5. The second-order valence-corrected chi connectivity index (χ2v) is 2.15. The lowest BCUT2D eigenvalue weighted by molar-refractivity contribution is -0.141. The monoisotopic (exact) mass is 155 g/mol. The van der Waals surface area contributed by atoms with Crippen LogP contribution in [0.15, 0.2) is 12.4 Å². The van der Waals surface area contributed by atoms with Gasteiger partial charge < -0.3 is 5.11 Å². The molecule has 1 atom stereocenters. The molecule has 0 spiro atoms. The van der Waals surface area contributed by atoms with Crippen LogP contribution in [0.25, 0.3) is 0 Å². The molecule has 0 bridgehead atoms. The maximum absolute atomic E-state index is 10.5. The number of carboxylic acid groups (broad SMARTS) is 1. The van der Waals surface area contributed by atoms with Crippen LogP contribution in [0.2, 0.25) is 0 Å². The molecule has 60 valence electrons. The summed E-state index contributed by atoms with van der Waals surface area (Å²) in [6.45, 7) is 1.79. The Morgan fingerprint density at radius 3 is 2.91 bits per heavy atom. The van der Waals surface area contributed by atoms with E-state index in [1.807, 2.05) is 0 Å². The summed E-state index contributed by atoms with van der Waals surface area (Å²) >= 11 is 0. The Kier molecular flexibility index (Phi) is 2.20. The molecule has 5 nitrogen and oxygen atoms in total. The third-order valence-corrected chi connectivity index (χ3v) is 1.43. The quantitative estimate of drug-likeness (QED) is 0.682. The van der Waals surface area contributed by atoms with Gasteiger partial charge in [0.05, 0.1) is 6.20 Å². The molecule has 1 N–H and O–H groups in total. The summed E-state index contributed by atoms with van der Waals surface area (Å²) in [5.41, 5.74) is 0. The number of carbonyl (C=O) groups is 1. The van der Waals surface area contributed by atoms with E-state index in [-0.39, 0.29) is 0 Å². The topological polar surface area (TPSA) is 68.0 Å². The fraction of sp³-hybridized carbons (Fsp3) is 0.500. The molecule has 0 aliphatic heterocycles. The molecule has 1 aromatic rings. The Balaban J connectivity index is 2.79. The van der Waals surface area contributed by atoms with E-state index in [9.17, 15) is 4.79 Å². The van der Waals surface area contributed by atoms with Crippen LogP contribution >= 0.6 is 0 Å². The number of rotatable bonds is 3. The van der Waals surface area contributed by atoms with E-state index in [0.717, 1.165) is 0 Å². The Labute approximate surface area is 63.6 Å². The summed E-state index contributed by atoms with van der Waals surface area (Å²) in [5, 5.41) is 15.8. The smallest absolute Gasteiger partial charge is 0.328 e. The molecular weight excluding hydrogens is 146 g/mol. The summed E-state index contributed by atoms with van der Waals surface area (Å²) in [7, 11) is 0. The Morgan fingerprint density at radius 2 is 2.55 bits per heavy atom. The molecule has 5 heteroatoms. The van der Waals surface area contributed by atoms with Crippen LogP contribution in [-0.4, -0.2) is 26.1 Å². The standard InChI is InChI=1S/C6H9N3O2/c1-2-5(6(10)11)9-4-3-7-8-9/h3-5H,2H2,1H3,(H,10,11)/t5-/m0/s1. The van der Waals surface area contributed by atoms with E-state index in [0.29, 0.717) is 6.42 Å². The number of carboxylic acids is 1. The SMILES string of the molecule is CC[C@@H](C(=O)O)n1ccnn1. The van der Waals surface area contributed by atoms with Gasteiger partial charge in [0.2, 0.25) is 0 Å². The van der Waals surface area contributed by atoms with E-state index in [1.165, 1.54) is 10.9 Å². The summed E-state index contributed by atoms with van der Waals surface area (Å²) < 4.78 is 1.34. The summed E-state index contributed by atoms with van der Waals surface area (Å²) in [5.74, 6) is -0.877. The zero-order valence-corrected chi connectivity index (χ0v) is 6.14. The number of hydrogen-bond donors (Lipinski definition) is 1. The minimum absolute atomic E-state index is 0.513. The van der Waals surface area contributed by atoms with Crippen LogP contribution in [0, 0.1) is 0 Å². The predicted octanol–water partition coefficient (Wildman–Crippen LogP) is 0.314. The van der Waals surface area contributed by atoms with Crippen molar-refractivity contribution in [1.29, 1.82) is 0 Å². The van der Waals surface area contributed by atoms with Crippen molar-refractivity contribution in [3.63, 3.8) is 0 Å². The molecule has 0 amide bonds. The van der Waals surface area contributed by atoms with E-state index < -0.39 is 12.0 Å². The van der Waals surface area contributed by atoms with Gasteiger partial charge in [0.25, 0.3) is 0 Å². The van der Waals surface area contributed by atoms with Crippen LogP contribution in [0.1, 0.15) is 19.4 Å². The average molecular weight is 155 g/mol. The molecule has 0 aliphatic rings. The fourth-order valence-electron chi connectivity index (χ4n) is 0.858. The first kappa shape index (κ1) is 7.71. The van der Waals surface area contributed by atoms with Crippen molar-refractivity contribution in [3.8, 4) is 0 Å². The molecule has 1 aromatic heterocycles. The lowest BCUT2D eigenvalue weighted by Gasteiger charge is -2.07. The lowest BCUT2D eigenvalue weighted by atomic mass is 10.2. The molecule has 11 heavy (non-hydrogen) atoms. The van der Waals surface area contributed by atoms with Gasteiger partial charge >= 0.3 is 5.97 Å². The van der Waals surface area contributed by atoms with Crippen LogP contribution < -0.4 is 0 Å². The van der Waals surface area contributed by atoms with Gasteiger partial charge in [-0.15, -0.1) is 5.10 Å². The first-order valence-corrected chi connectivity index (χ1v) is 3.34. The maximum Gasteiger partial charge on any atom is 0.328 e. The van der Waals surface area contributed by atoms with E-state index in [4.69, 9.17) is 5.11 Å². The van der Waals surface area contributed by atoms with Gasteiger partial charge in [-0.3, -0.25) is 0 Å². The minimum atomic E-state index is -0.877. The lowest BCUT2D eigenvalue weighted by Crippen LogP contribution is -2.18. The van der Waals surface area contributed by atoms with Crippen molar-refractivity contribution in [1.82, 2.24) is 15.0 Å². The van der Waals surface area contributed by atoms with Crippen LogP contribution in [0.3, 0.4) is 0 Å². The molecule has 0 saturated heterocycles. The minimum Gasteiger partial charge on any atom is -0.480 e. The van der Waals surface area contributed by atoms with Crippen LogP contribution in [0.4, 0.5) is 0 Å². The third-order valence-electron chi connectivity index (χ3n) is 1.43. The molecule has 0 aromatic carbocycles. The van der Waals surface area contributed by atoms with Crippen molar-refractivity contribution < 1.29 is 9.90 Å². The summed E-state index contributed by atoms with van der Waals surface area (Å²) in [6.07, 6.45) is 3.52. The summed E-state index contributed by atoms with van der Waals surface area (Å²) in [6, 6.07) is -0.586. The van der Waals surface area contributed by atoms with Gasteiger partial charge in [-0.1, -0.05) is 12.1 Å². The van der Waals surface area contributed by atoms with Gasteiger partial charge in [-0.05, 0) is 6.42 Å². The van der Waals surface area contributed by atoms with Gasteiger partial charge in [-0.2, -0.15) is 0 Å². The van der Waals surface area contributed by atoms with Crippen molar-refractivity contribution in [2.75, 3.05) is 0 Å². The van der Waals surface area contributed by atoms with E-state index in [2.05, 4.69) is 10.3 Å². The van der Waals surface area contributed by atoms with Gasteiger partial charge in [0.15, 0.2) is 6.04 Å². The second-order valence-electron chi connectivity index (χ2n) is 2.15. The highest BCUT2D eigenvalue weighted by molar-refractivity contribution is 5.71. The number of aromatic nitrogens is 3. The zero-order chi connectivity index (χ0) is 8.27. The normalized spacial score (nSPS) is 12.8. The first-order chi connectivity index (χ1) is 5.25. The molecule has 1 heterocycles. The Hall–Kier alpha value is -1.39. The largest absolute Gasteiger partial charge is 0.480 e. The van der Waals surface area contributed by atoms with Crippen molar-refractivity contribution in [3.05, 3.63) is 12.4 Å². The average Bonchev–Trinajstić information content (AvgIpc) is 2.40. The van der Waals surface area contributed by atoms with E-state index in [1.54, 1.807) is 13.1 Å². The highest BCUT2D eigenvalue weighted by Crippen LogP contribution is 2.07. The van der Waals surface area contributed by atoms with Gasteiger partial charge in [-0.25, -0.2) is 9.48 Å². The van der Waals surface area contributed by atoms with E-state index >= 15 is 0 Å². The van der Waals surface area contributed by atoms with Crippen LogP contribution in [-0.2, 0) is 4.79 Å². The second kappa shape index (κ2) is 3.14. The molecule has 0 saturated carbocycles. The molecule has 0 fully saturated rings. The molecule has 0 radical (unpaired) electrons. The van der Waals surface area contributed by atoms with Crippen molar-refractivity contribution in [2.24, 2.45) is 0 Å². The fourth-order valence-corrected chi connectivity index (χ4v) is 0.858. The number of nitrogens with zero attached hydrogens (tertiary/aromatic N) is 3. The third kappa shape index (κ3) is 1.54. The number of hydrogen-bond acceptors (Lipinski definition) is 3. The molecular formula is C6H9N3O2. The van der Waals surface area contributed by atoms with Crippen molar-refractivity contribution >= 4 is 5.97 Å². The van der Waals surface area contributed by atoms with Gasteiger partial charge in [0, 0.05) is 6.20 Å². The van der Waals surface area contributed by atoms with Crippen molar-refractivity contribution in [2.45, 2.75) is 19.4 Å². The molecule has 0 unspecified atom stereocenters. The molecule has 0 aliphatic carbocycles. The Bertz CT molecular complexity index is 232. The number of aliphatic carboxylic acids is 1. The first-order valence-electron chi connectivity index (χ1n) is 3.34. The zero-order valence-electron chi connectivity index (χ0n) is 6.14. The highest BCUT2D eigenvalue weighted by Gasteiger charge is 2.16. The highest BCUT2D eigenvalue weighted by atomic mass is 16.4.